The van der Waals surface area contributed by atoms with Gasteiger partial charge in [-0.25, -0.2) is 4.98 Å². The monoisotopic (exact) mass is 377 g/mol. The number of hydrogen-bond donors (Lipinski definition) is 1. The van der Waals surface area contributed by atoms with Gasteiger partial charge in [0.1, 0.15) is 11.5 Å². The summed E-state index contributed by atoms with van der Waals surface area (Å²) < 4.78 is 16.0. The first kappa shape index (κ1) is 17.8. The summed E-state index contributed by atoms with van der Waals surface area (Å²) in [5.74, 6) is 1.64. The lowest BCUT2D eigenvalue weighted by Crippen LogP contribution is -2.06. The molecule has 7 heteroatoms. The van der Waals surface area contributed by atoms with Gasteiger partial charge in [0.25, 0.3) is 0 Å². The third kappa shape index (κ3) is 2.90. The first-order chi connectivity index (χ1) is 13.7. The number of nitrogens with zero attached hydrogens (tertiary/aromatic N) is 2. The quantitative estimate of drug-likeness (QED) is 0.781. The van der Waals surface area contributed by atoms with Gasteiger partial charge in [-0.2, -0.15) is 0 Å². The van der Waals surface area contributed by atoms with Crippen LogP contribution >= 0.6 is 0 Å². The summed E-state index contributed by atoms with van der Waals surface area (Å²) in [6, 6.07) is 3.23. The van der Waals surface area contributed by atoms with E-state index in [1.807, 2.05) is 18.2 Å². The highest BCUT2D eigenvalue weighted by Gasteiger charge is 2.22. The van der Waals surface area contributed by atoms with E-state index >= 15 is 0 Å². The Hall–Kier alpha value is -3.61. The number of carbonyl (C=O) groups is 1. The number of allylic oxidation sites excluding steroid dienone is 5. The number of aliphatic imine (C=N–C) groups is 1. The number of H-pyrrole nitrogens is 1. The van der Waals surface area contributed by atoms with Crippen molar-refractivity contribution in [1.29, 1.82) is 0 Å². The molecular formula is C21H19N3O4. The van der Waals surface area contributed by atoms with Gasteiger partial charge in [0.05, 0.1) is 27.0 Å². The van der Waals surface area contributed by atoms with Crippen LogP contribution in [0.2, 0.25) is 0 Å². The Morgan fingerprint density at radius 1 is 1.04 bits per heavy atom. The summed E-state index contributed by atoms with van der Waals surface area (Å²) in [5, 5.41) is 0. The van der Waals surface area contributed by atoms with Crippen LogP contribution in [0.3, 0.4) is 0 Å². The molecule has 142 valence electrons. The number of aromatic nitrogens is 2. The molecular weight excluding hydrogens is 358 g/mol. The van der Waals surface area contributed by atoms with E-state index in [1.54, 1.807) is 24.5 Å². The van der Waals surface area contributed by atoms with E-state index in [2.05, 4.69) is 15.0 Å². The highest BCUT2D eigenvalue weighted by atomic mass is 16.5. The number of imidazole rings is 1. The summed E-state index contributed by atoms with van der Waals surface area (Å²) in [6.07, 6.45) is 10.2. The normalized spacial score (nSPS) is 14.8. The second kappa shape index (κ2) is 7.19. The standard InChI is InChI=1S/C21H19N3O4/c1-26-17-9-12(10-18(27-2)20(17)28-3)19(25)16-11-23-21(24-16)14-5-4-6-15-13(14)7-8-22-15/h4-5,7-11H,6H2,1-3H3,(H,23,24). The van der Waals surface area contributed by atoms with Crippen molar-refractivity contribution in [3.63, 3.8) is 0 Å². The van der Waals surface area contributed by atoms with Crippen molar-refractivity contribution in [2.75, 3.05) is 21.3 Å². The second-order valence-electron chi connectivity index (χ2n) is 6.20. The average molecular weight is 377 g/mol. The first-order valence-corrected chi connectivity index (χ1v) is 8.71. The molecule has 0 unspecified atom stereocenters. The van der Waals surface area contributed by atoms with Crippen LogP contribution in [-0.4, -0.2) is 42.8 Å². The van der Waals surface area contributed by atoms with Gasteiger partial charge in [0.15, 0.2) is 11.5 Å². The molecule has 4 rings (SSSR count). The van der Waals surface area contributed by atoms with Crippen molar-refractivity contribution in [3.8, 4) is 17.2 Å². The fourth-order valence-corrected chi connectivity index (χ4v) is 3.30. The molecule has 0 saturated carbocycles. The maximum Gasteiger partial charge on any atom is 0.213 e. The molecule has 0 spiro atoms. The zero-order chi connectivity index (χ0) is 19.7. The minimum absolute atomic E-state index is 0.247. The SMILES string of the molecule is COc1cc(C(=O)c2c[nH]c(C3=C4C=CN=C4CC=C3)n2)cc(OC)c1OC. The van der Waals surface area contributed by atoms with Gasteiger partial charge in [-0.15, -0.1) is 0 Å². The fraction of sp³-hybridized carbons (Fsp3) is 0.190. The zero-order valence-electron chi connectivity index (χ0n) is 15.8. The van der Waals surface area contributed by atoms with Crippen molar-refractivity contribution in [1.82, 2.24) is 9.97 Å². The Balaban J connectivity index is 1.70. The maximum atomic E-state index is 13.0. The van der Waals surface area contributed by atoms with E-state index < -0.39 is 0 Å². The second-order valence-corrected chi connectivity index (χ2v) is 6.20. The van der Waals surface area contributed by atoms with Crippen LogP contribution in [-0.2, 0) is 0 Å². The minimum Gasteiger partial charge on any atom is -0.493 e. The molecule has 1 aliphatic heterocycles. The Kier molecular flexibility index (Phi) is 4.57. The van der Waals surface area contributed by atoms with Gasteiger partial charge in [-0.3, -0.25) is 9.79 Å². The van der Waals surface area contributed by atoms with Gasteiger partial charge in [0, 0.05) is 35.5 Å². The topological polar surface area (TPSA) is 85.8 Å². The van der Waals surface area contributed by atoms with E-state index in [0.717, 1.165) is 23.3 Å². The summed E-state index contributed by atoms with van der Waals surface area (Å²) >= 11 is 0. The summed E-state index contributed by atoms with van der Waals surface area (Å²) in [6.45, 7) is 0. The highest BCUT2D eigenvalue weighted by molar-refractivity contribution is 6.14. The maximum absolute atomic E-state index is 13.0. The number of hydrogen-bond acceptors (Lipinski definition) is 6. The number of methoxy groups -OCH3 is 3. The molecule has 28 heavy (non-hydrogen) atoms. The number of benzene rings is 1. The van der Waals surface area contributed by atoms with Crippen molar-refractivity contribution in [2.45, 2.75) is 6.42 Å². The molecule has 1 aliphatic carbocycles. The highest BCUT2D eigenvalue weighted by Crippen LogP contribution is 2.38. The predicted molar refractivity (Wildman–Crippen MR) is 105 cm³/mol. The van der Waals surface area contributed by atoms with Crippen LogP contribution in [0.25, 0.3) is 5.57 Å². The Labute approximate surface area is 162 Å². The Morgan fingerprint density at radius 2 is 1.79 bits per heavy atom. The lowest BCUT2D eigenvalue weighted by atomic mass is 9.96. The van der Waals surface area contributed by atoms with Crippen LogP contribution < -0.4 is 14.2 Å². The van der Waals surface area contributed by atoms with Crippen LogP contribution in [0.4, 0.5) is 0 Å². The molecule has 0 atom stereocenters. The van der Waals surface area contributed by atoms with E-state index in [9.17, 15) is 4.79 Å². The third-order valence-corrected chi connectivity index (χ3v) is 4.66. The van der Waals surface area contributed by atoms with Crippen molar-refractivity contribution in [2.24, 2.45) is 4.99 Å². The van der Waals surface area contributed by atoms with Crippen molar-refractivity contribution < 1.29 is 19.0 Å². The lowest BCUT2D eigenvalue weighted by molar-refractivity contribution is 0.103. The Morgan fingerprint density at radius 3 is 2.46 bits per heavy atom. The number of fused-ring (bicyclic) bond motifs is 1. The molecule has 1 aromatic carbocycles. The molecule has 7 nitrogen and oxygen atoms in total. The molecule has 0 fully saturated rings. The molecule has 1 aromatic heterocycles. The molecule has 2 aliphatic rings. The molecule has 1 N–H and O–H groups in total. The number of carbonyl (C=O) groups excluding carboxylic acids is 1. The molecule has 2 aromatic rings. The van der Waals surface area contributed by atoms with Gasteiger partial charge in [-0.1, -0.05) is 12.2 Å². The number of nitrogens with one attached hydrogen (secondary N) is 1. The summed E-state index contributed by atoms with van der Waals surface area (Å²) in [7, 11) is 4.54. The molecule has 0 saturated heterocycles. The zero-order valence-corrected chi connectivity index (χ0v) is 15.8. The van der Waals surface area contributed by atoms with Crippen molar-refractivity contribution >= 4 is 17.1 Å². The van der Waals surface area contributed by atoms with Crippen LogP contribution in [0.1, 0.15) is 28.3 Å². The largest absolute Gasteiger partial charge is 0.493 e. The summed E-state index contributed by atoms with van der Waals surface area (Å²) in [5.41, 5.74) is 3.65. The van der Waals surface area contributed by atoms with Gasteiger partial charge < -0.3 is 19.2 Å². The van der Waals surface area contributed by atoms with Gasteiger partial charge in [-0.05, 0) is 18.2 Å². The molecule has 0 amide bonds. The van der Waals surface area contributed by atoms with E-state index in [-0.39, 0.29) is 5.78 Å². The van der Waals surface area contributed by atoms with Crippen LogP contribution in [0.5, 0.6) is 17.2 Å². The first-order valence-electron chi connectivity index (χ1n) is 8.71. The Bertz CT molecular complexity index is 1050. The van der Waals surface area contributed by atoms with E-state index in [4.69, 9.17) is 14.2 Å². The molecule has 2 heterocycles. The average Bonchev–Trinajstić information content (AvgIpc) is 3.41. The van der Waals surface area contributed by atoms with Crippen LogP contribution in [0.15, 0.2) is 53.3 Å². The van der Waals surface area contributed by atoms with Crippen LogP contribution in [0, 0.1) is 0 Å². The lowest BCUT2D eigenvalue weighted by Gasteiger charge is -2.13. The molecule has 0 bridgehead atoms. The number of ketones is 1. The van der Waals surface area contributed by atoms with E-state index in [0.29, 0.717) is 34.3 Å². The smallest absolute Gasteiger partial charge is 0.213 e. The van der Waals surface area contributed by atoms with E-state index in [1.165, 1.54) is 21.3 Å². The number of aromatic amines is 1. The molecule has 0 radical (unpaired) electrons. The third-order valence-electron chi connectivity index (χ3n) is 4.66. The van der Waals surface area contributed by atoms with Crippen molar-refractivity contribution in [3.05, 3.63) is 65.4 Å². The predicted octanol–water partition coefficient (Wildman–Crippen LogP) is 3.35. The van der Waals surface area contributed by atoms with Gasteiger partial charge in [0.2, 0.25) is 11.5 Å². The number of ether oxygens (including phenoxy) is 3. The summed E-state index contributed by atoms with van der Waals surface area (Å²) in [4.78, 5) is 25.0. The minimum atomic E-state index is -0.247. The van der Waals surface area contributed by atoms with Gasteiger partial charge >= 0.3 is 0 Å². The fourth-order valence-electron chi connectivity index (χ4n) is 3.30. The number of rotatable bonds is 6.